The molecule has 0 aromatic heterocycles. The van der Waals surface area contributed by atoms with E-state index in [-0.39, 0.29) is 35.5 Å². The molecule has 0 fully saturated rings. The van der Waals surface area contributed by atoms with Crippen molar-refractivity contribution in [1.82, 2.24) is 10.9 Å². The van der Waals surface area contributed by atoms with Gasteiger partial charge in [-0.25, -0.2) is 20.4 Å². The summed E-state index contributed by atoms with van der Waals surface area (Å²) in [6.45, 7) is 0. The smallest absolute Gasteiger partial charge is 0.343 e. The summed E-state index contributed by atoms with van der Waals surface area (Å²) in [6.07, 6.45) is 2.51. The molecule has 0 aliphatic heterocycles. The first kappa shape index (κ1) is 39.7. The monoisotopic (exact) mass is 742 g/mol. The summed E-state index contributed by atoms with van der Waals surface area (Å²) in [6, 6.07) is 18.7. The van der Waals surface area contributed by atoms with Crippen molar-refractivity contribution in [1.29, 1.82) is 0 Å². The molecule has 0 aliphatic rings. The highest BCUT2D eigenvalue weighted by Crippen LogP contribution is 2.39. The first-order valence-electron chi connectivity index (χ1n) is 16.0. The van der Waals surface area contributed by atoms with Crippen LogP contribution in [0.2, 0.25) is 0 Å². The Labute approximate surface area is 310 Å². The number of carbonyl (C=O) groups excluding carboxylic acids is 4. The highest BCUT2D eigenvalue weighted by atomic mass is 16.6. The van der Waals surface area contributed by atoms with Gasteiger partial charge in [0.05, 0.1) is 66.2 Å². The fourth-order valence-electron chi connectivity index (χ4n) is 4.67. The lowest BCUT2D eigenvalue weighted by molar-refractivity contribution is -0.126. The zero-order valence-electron chi connectivity index (χ0n) is 30.3. The van der Waals surface area contributed by atoms with Gasteiger partial charge in [0.1, 0.15) is 11.5 Å². The highest BCUT2D eigenvalue weighted by molar-refractivity contribution is 5.94. The maximum atomic E-state index is 12.7. The van der Waals surface area contributed by atoms with Gasteiger partial charge in [-0.05, 0) is 83.9 Å². The lowest BCUT2D eigenvalue weighted by Gasteiger charge is -2.13. The predicted octanol–water partition coefficient (Wildman–Crippen LogP) is 4.56. The Balaban J connectivity index is 1.18. The van der Waals surface area contributed by atoms with Crippen LogP contribution in [0, 0.1) is 0 Å². The lowest BCUT2D eigenvalue weighted by atomic mass is 10.2. The van der Waals surface area contributed by atoms with Crippen LogP contribution in [-0.4, -0.2) is 78.8 Å². The minimum atomic E-state index is -0.637. The van der Waals surface area contributed by atoms with E-state index in [0.717, 1.165) is 0 Å². The number of nitrogens with zero attached hydrogens (tertiary/aromatic N) is 2. The number of rotatable bonds is 17. The van der Waals surface area contributed by atoms with Gasteiger partial charge in [0.25, 0.3) is 0 Å². The Hall–Kier alpha value is -7.10. The normalized spacial score (nSPS) is 10.7. The quantitative estimate of drug-likeness (QED) is 0.0665. The average Bonchev–Trinajstić information content (AvgIpc) is 3.19. The third-order valence-corrected chi connectivity index (χ3v) is 7.37. The third-order valence-electron chi connectivity index (χ3n) is 7.37. The van der Waals surface area contributed by atoms with Gasteiger partial charge >= 0.3 is 11.9 Å². The molecular formula is C38H38N4O12. The van der Waals surface area contributed by atoms with E-state index in [1.54, 1.807) is 48.5 Å². The molecule has 0 atom stereocenters. The summed E-state index contributed by atoms with van der Waals surface area (Å²) in [5.41, 5.74) is 6.32. The minimum Gasteiger partial charge on any atom is -0.493 e. The molecule has 282 valence electrons. The molecule has 4 rings (SSSR count). The van der Waals surface area contributed by atoms with E-state index in [2.05, 4.69) is 21.1 Å². The van der Waals surface area contributed by atoms with Gasteiger partial charge in [0.2, 0.25) is 23.3 Å². The SMILES string of the molecule is COc1cc(C(=O)Oc2ccc(/C=N/NC(=O)CCC(=O)N/N=C/c3ccc(OC(=O)c4cc(OC)c(OC)c(OC)c4)cc3)cc2)cc(OC)c1OC. The Morgan fingerprint density at radius 2 is 0.815 bits per heavy atom. The van der Waals surface area contributed by atoms with Gasteiger partial charge in [0, 0.05) is 12.8 Å². The number of carbonyl (C=O) groups is 4. The van der Waals surface area contributed by atoms with Crippen LogP contribution in [0.4, 0.5) is 0 Å². The molecule has 0 unspecified atom stereocenters. The number of hydrazone groups is 2. The van der Waals surface area contributed by atoms with Crippen LogP contribution in [0.15, 0.2) is 83.0 Å². The van der Waals surface area contributed by atoms with Crippen molar-refractivity contribution < 1.29 is 57.1 Å². The van der Waals surface area contributed by atoms with Gasteiger partial charge in [-0.3, -0.25) is 9.59 Å². The largest absolute Gasteiger partial charge is 0.493 e. The molecule has 0 aliphatic carbocycles. The van der Waals surface area contributed by atoms with Gasteiger partial charge in [0.15, 0.2) is 23.0 Å². The third kappa shape index (κ3) is 10.7. The van der Waals surface area contributed by atoms with Crippen LogP contribution in [0.25, 0.3) is 0 Å². The molecular weight excluding hydrogens is 704 g/mol. The molecule has 0 bridgehead atoms. The van der Waals surface area contributed by atoms with Gasteiger partial charge in [-0.1, -0.05) is 0 Å². The number of benzene rings is 4. The number of hydrogen-bond acceptors (Lipinski definition) is 14. The summed E-state index contributed by atoms with van der Waals surface area (Å²) in [7, 11) is 8.69. The number of ether oxygens (including phenoxy) is 8. The number of methoxy groups -OCH3 is 6. The maximum Gasteiger partial charge on any atom is 0.343 e. The number of amides is 2. The zero-order valence-corrected chi connectivity index (χ0v) is 30.3. The van der Waals surface area contributed by atoms with Crippen LogP contribution in [0.3, 0.4) is 0 Å². The van der Waals surface area contributed by atoms with E-state index in [9.17, 15) is 19.2 Å². The van der Waals surface area contributed by atoms with Crippen molar-refractivity contribution in [2.45, 2.75) is 12.8 Å². The van der Waals surface area contributed by atoms with Crippen molar-refractivity contribution in [3.8, 4) is 46.0 Å². The Kier molecular flexibility index (Phi) is 14.3. The molecule has 16 nitrogen and oxygen atoms in total. The highest BCUT2D eigenvalue weighted by Gasteiger charge is 2.20. The molecule has 0 heterocycles. The van der Waals surface area contributed by atoms with Crippen LogP contribution < -0.4 is 48.7 Å². The zero-order chi connectivity index (χ0) is 39.0. The summed E-state index contributed by atoms with van der Waals surface area (Å²) in [5.74, 6) is 0.228. The standard InChI is InChI=1S/C38H38N4O12/c1-47-29-17-25(18-30(48-2)35(29)51-5)37(45)53-27-11-7-23(8-12-27)21-39-41-33(43)15-16-34(44)42-40-22-24-9-13-28(14-10-24)54-38(46)26-19-31(49-3)36(52-6)32(20-26)50-4/h7-14,17-22H,15-16H2,1-6H3,(H,41,43)(H,42,44)/b39-21+,40-22+. The molecule has 0 saturated heterocycles. The van der Waals surface area contributed by atoms with Gasteiger partial charge in [-0.2, -0.15) is 10.2 Å². The van der Waals surface area contributed by atoms with E-state index in [1.165, 1.54) is 79.4 Å². The van der Waals surface area contributed by atoms with Crippen molar-refractivity contribution in [2.24, 2.45) is 10.2 Å². The fourth-order valence-corrected chi connectivity index (χ4v) is 4.67. The topological polar surface area (TPSA) is 191 Å². The van der Waals surface area contributed by atoms with Crippen molar-refractivity contribution in [2.75, 3.05) is 42.7 Å². The van der Waals surface area contributed by atoms with Crippen LogP contribution in [0.1, 0.15) is 44.7 Å². The van der Waals surface area contributed by atoms with Gasteiger partial charge in [-0.15, -0.1) is 0 Å². The van der Waals surface area contributed by atoms with Crippen molar-refractivity contribution in [3.63, 3.8) is 0 Å². The fraction of sp³-hybridized carbons (Fsp3) is 0.211. The number of esters is 2. The molecule has 0 spiro atoms. The molecule has 2 amide bonds. The Morgan fingerprint density at radius 3 is 1.09 bits per heavy atom. The molecule has 54 heavy (non-hydrogen) atoms. The van der Waals surface area contributed by atoms with E-state index in [0.29, 0.717) is 45.6 Å². The van der Waals surface area contributed by atoms with E-state index < -0.39 is 23.8 Å². The van der Waals surface area contributed by atoms with Crippen LogP contribution in [-0.2, 0) is 9.59 Å². The molecule has 4 aromatic carbocycles. The lowest BCUT2D eigenvalue weighted by Crippen LogP contribution is -2.22. The van der Waals surface area contributed by atoms with E-state index in [4.69, 9.17) is 37.9 Å². The summed E-state index contributed by atoms with van der Waals surface area (Å²) in [4.78, 5) is 49.8. The maximum absolute atomic E-state index is 12.7. The first-order chi connectivity index (χ1) is 26.1. The Morgan fingerprint density at radius 1 is 0.500 bits per heavy atom. The van der Waals surface area contributed by atoms with Crippen molar-refractivity contribution >= 4 is 36.2 Å². The number of nitrogens with one attached hydrogen (secondary N) is 2. The Bertz CT molecular complexity index is 1820. The van der Waals surface area contributed by atoms with E-state index >= 15 is 0 Å². The number of hydrogen-bond donors (Lipinski definition) is 2. The summed E-state index contributed by atoms with van der Waals surface area (Å²) >= 11 is 0. The molecule has 16 heteroatoms. The van der Waals surface area contributed by atoms with Crippen LogP contribution in [0.5, 0.6) is 46.0 Å². The molecule has 4 aromatic rings. The molecule has 2 N–H and O–H groups in total. The molecule has 0 saturated carbocycles. The minimum absolute atomic E-state index is 0.138. The predicted molar refractivity (Wildman–Crippen MR) is 196 cm³/mol. The molecule has 0 radical (unpaired) electrons. The second kappa shape index (κ2) is 19.5. The van der Waals surface area contributed by atoms with Gasteiger partial charge < -0.3 is 37.9 Å². The average molecular weight is 743 g/mol. The second-order valence-corrected chi connectivity index (χ2v) is 10.8. The van der Waals surface area contributed by atoms with Crippen LogP contribution >= 0.6 is 0 Å². The second-order valence-electron chi connectivity index (χ2n) is 10.8. The van der Waals surface area contributed by atoms with Crippen molar-refractivity contribution in [3.05, 3.63) is 95.1 Å². The van der Waals surface area contributed by atoms with E-state index in [1.807, 2.05) is 0 Å². The summed E-state index contributed by atoms with van der Waals surface area (Å²) in [5, 5.41) is 7.80. The summed E-state index contributed by atoms with van der Waals surface area (Å²) < 4.78 is 42.6. The first-order valence-corrected chi connectivity index (χ1v) is 16.0.